The average Bonchev–Trinajstić information content (AvgIpc) is 2.85. The third kappa shape index (κ3) is 3.13. The lowest BCUT2D eigenvalue weighted by Gasteiger charge is -2.29. The molecule has 0 unspecified atom stereocenters. The Labute approximate surface area is 137 Å². The molecule has 1 N–H and O–H groups in total. The zero-order chi connectivity index (χ0) is 17.3. The van der Waals surface area contributed by atoms with Crippen LogP contribution in [-0.4, -0.2) is 49.0 Å². The van der Waals surface area contributed by atoms with E-state index in [-0.39, 0.29) is 23.5 Å². The van der Waals surface area contributed by atoms with Gasteiger partial charge in [-0.3, -0.25) is 10.1 Å². The number of nitrogens with zero attached hydrogens (tertiary/aromatic N) is 6. The van der Waals surface area contributed by atoms with E-state index in [0.717, 1.165) is 5.69 Å². The van der Waals surface area contributed by atoms with Crippen molar-refractivity contribution in [3.05, 3.63) is 28.2 Å². The topological polar surface area (TPSA) is 119 Å². The summed E-state index contributed by atoms with van der Waals surface area (Å²) in [5, 5.41) is 25.3. The summed E-state index contributed by atoms with van der Waals surface area (Å²) in [5.41, 5.74) is 0.446. The summed E-state index contributed by atoms with van der Waals surface area (Å²) in [7, 11) is 1.68. The molecular weight excluding hydrogens is 316 g/mol. The molecule has 24 heavy (non-hydrogen) atoms. The minimum Gasteiger partial charge on any atom is -0.415 e. The van der Waals surface area contributed by atoms with Gasteiger partial charge >= 0.3 is 11.6 Å². The van der Waals surface area contributed by atoms with Gasteiger partial charge in [-0.15, -0.1) is 0 Å². The second-order valence-electron chi connectivity index (χ2n) is 5.68. The first-order chi connectivity index (χ1) is 11.5. The molecule has 1 aliphatic rings. The van der Waals surface area contributed by atoms with Gasteiger partial charge in [0, 0.05) is 26.2 Å². The lowest BCUT2D eigenvalue weighted by Crippen LogP contribution is -2.36. The van der Waals surface area contributed by atoms with Gasteiger partial charge in [0.15, 0.2) is 0 Å². The summed E-state index contributed by atoms with van der Waals surface area (Å²) >= 11 is 0. The second kappa shape index (κ2) is 6.40. The number of piperidine rings is 1. The lowest BCUT2D eigenvalue weighted by atomic mass is 10.1. The SMILES string of the molecule is Cc1cc(Oc2ncnc(N3CCC(O)CC3)c2[N+](=O)[O-])n(C)n1. The molecule has 0 radical (unpaired) electrons. The predicted molar refractivity (Wildman–Crippen MR) is 84.2 cm³/mol. The van der Waals surface area contributed by atoms with Gasteiger partial charge in [0.25, 0.3) is 0 Å². The molecule has 1 saturated heterocycles. The van der Waals surface area contributed by atoms with Crippen LogP contribution in [0.5, 0.6) is 11.8 Å². The molecule has 3 heterocycles. The van der Waals surface area contributed by atoms with E-state index in [9.17, 15) is 15.2 Å². The summed E-state index contributed by atoms with van der Waals surface area (Å²) in [6.07, 6.45) is 1.94. The molecule has 10 heteroatoms. The fourth-order valence-corrected chi connectivity index (χ4v) is 2.68. The van der Waals surface area contributed by atoms with Crippen LogP contribution in [0.4, 0.5) is 11.5 Å². The predicted octanol–water partition coefficient (Wildman–Crippen LogP) is 1.18. The number of aromatic nitrogens is 4. The molecule has 2 aromatic rings. The third-order valence-corrected chi connectivity index (χ3v) is 3.88. The van der Waals surface area contributed by atoms with E-state index in [4.69, 9.17) is 4.74 Å². The average molecular weight is 334 g/mol. The maximum absolute atomic E-state index is 11.6. The largest absolute Gasteiger partial charge is 0.415 e. The standard InChI is InChI=1S/C14H18N6O4/c1-9-7-11(18(2)17-9)24-14-12(20(22)23)13(15-8-16-14)19-5-3-10(21)4-6-19/h7-8,10,21H,3-6H2,1-2H3. The van der Waals surface area contributed by atoms with Crippen molar-refractivity contribution in [1.82, 2.24) is 19.7 Å². The number of ether oxygens (including phenoxy) is 1. The van der Waals surface area contributed by atoms with Gasteiger partial charge in [0.05, 0.1) is 16.7 Å². The smallest absolute Gasteiger partial charge is 0.373 e. The van der Waals surface area contributed by atoms with E-state index in [1.807, 2.05) is 0 Å². The normalized spacial score (nSPS) is 15.5. The van der Waals surface area contributed by atoms with E-state index >= 15 is 0 Å². The van der Waals surface area contributed by atoms with E-state index < -0.39 is 4.92 Å². The monoisotopic (exact) mass is 334 g/mol. The fourth-order valence-electron chi connectivity index (χ4n) is 2.68. The van der Waals surface area contributed by atoms with Crippen molar-refractivity contribution in [2.75, 3.05) is 18.0 Å². The minimum absolute atomic E-state index is 0.126. The van der Waals surface area contributed by atoms with Crippen LogP contribution in [0, 0.1) is 17.0 Å². The first-order valence-corrected chi connectivity index (χ1v) is 7.56. The van der Waals surface area contributed by atoms with Gasteiger partial charge < -0.3 is 14.7 Å². The van der Waals surface area contributed by atoms with Gasteiger partial charge in [-0.2, -0.15) is 10.1 Å². The van der Waals surface area contributed by atoms with Crippen LogP contribution in [-0.2, 0) is 7.05 Å². The van der Waals surface area contributed by atoms with Crippen molar-refractivity contribution in [3.63, 3.8) is 0 Å². The molecule has 0 saturated carbocycles. The van der Waals surface area contributed by atoms with Crippen LogP contribution < -0.4 is 9.64 Å². The molecule has 2 aromatic heterocycles. The Hall–Kier alpha value is -2.75. The number of hydrogen-bond donors (Lipinski definition) is 1. The van der Waals surface area contributed by atoms with Gasteiger partial charge in [0.2, 0.25) is 11.7 Å². The van der Waals surface area contributed by atoms with Gasteiger partial charge in [-0.25, -0.2) is 9.67 Å². The quantitative estimate of drug-likeness (QED) is 0.654. The van der Waals surface area contributed by atoms with Crippen molar-refractivity contribution in [1.29, 1.82) is 0 Å². The highest BCUT2D eigenvalue weighted by Gasteiger charge is 2.31. The third-order valence-electron chi connectivity index (χ3n) is 3.88. The summed E-state index contributed by atoms with van der Waals surface area (Å²) in [4.78, 5) is 20.8. The van der Waals surface area contributed by atoms with E-state index in [1.165, 1.54) is 11.0 Å². The van der Waals surface area contributed by atoms with Crippen molar-refractivity contribution < 1.29 is 14.8 Å². The number of anilines is 1. The minimum atomic E-state index is -0.543. The van der Waals surface area contributed by atoms with Gasteiger partial charge in [-0.05, 0) is 19.8 Å². The number of aliphatic hydroxyl groups excluding tert-OH is 1. The number of nitro groups is 1. The number of hydrogen-bond acceptors (Lipinski definition) is 8. The summed E-state index contributed by atoms with van der Waals surface area (Å²) in [5.74, 6) is 0.434. The Bertz CT molecular complexity index is 754. The zero-order valence-electron chi connectivity index (χ0n) is 13.4. The van der Waals surface area contributed by atoms with Crippen molar-refractivity contribution in [3.8, 4) is 11.8 Å². The Kier molecular flexibility index (Phi) is 4.30. The van der Waals surface area contributed by atoms with Crippen LogP contribution in [0.15, 0.2) is 12.4 Å². The van der Waals surface area contributed by atoms with Crippen molar-refractivity contribution in [2.45, 2.75) is 25.9 Å². The molecule has 0 aromatic carbocycles. The number of rotatable bonds is 4. The van der Waals surface area contributed by atoms with Crippen LogP contribution in [0.1, 0.15) is 18.5 Å². The zero-order valence-corrected chi connectivity index (χ0v) is 13.4. The molecule has 128 valence electrons. The first kappa shape index (κ1) is 16.1. The van der Waals surface area contributed by atoms with Crippen molar-refractivity contribution in [2.24, 2.45) is 7.05 Å². The molecule has 0 aliphatic carbocycles. The first-order valence-electron chi connectivity index (χ1n) is 7.56. The van der Waals surface area contributed by atoms with E-state index in [1.54, 1.807) is 24.9 Å². The number of aliphatic hydroxyl groups is 1. The maximum Gasteiger partial charge on any atom is 0.373 e. The molecule has 0 amide bonds. The highest BCUT2D eigenvalue weighted by molar-refractivity contribution is 5.63. The van der Waals surface area contributed by atoms with E-state index in [2.05, 4.69) is 15.1 Å². The molecule has 10 nitrogen and oxygen atoms in total. The Morgan fingerprint density at radius 1 is 1.38 bits per heavy atom. The van der Waals surface area contributed by atoms with E-state index in [0.29, 0.717) is 31.8 Å². The molecule has 0 atom stereocenters. The summed E-state index contributed by atoms with van der Waals surface area (Å²) < 4.78 is 7.09. The second-order valence-corrected chi connectivity index (χ2v) is 5.68. The van der Waals surface area contributed by atoms with Crippen LogP contribution in [0.3, 0.4) is 0 Å². The summed E-state index contributed by atoms with van der Waals surface area (Å²) in [6.45, 7) is 2.78. The molecule has 1 aliphatic heterocycles. The molecular formula is C14H18N6O4. The van der Waals surface area contributed by atoms with Gasteiger partial charge in [0.1, 0.15) is 6.33 Å². The Balaban J connectivity index is 1.96. The van der Waals surface area contributed by atoms with Crippen LogP contribution >= 0.6 is 0 Å². The van der Waals surface area contributed by atoms with Gasteiger partial charge in [-0.1, -0.05) is 0 Å². The molecule has 0 bridgehead atoms. The highest BCUT2D eigenvalue weighted by atomic mass is 16.6. The Morgan fingerprint density at radius 3 is 2.67 bits per heavy atom. The lowest BCUT2D eigenvalue weighted by molar-refractivity contribution is -0.385. The fraction of sp³-hybridized carbons (Fsp3) is 0.500. The summed E-state index contributed by atoms with van der Waals surface area (Å²) in [6, 6.07) is 1.67. The molecule has 1 fully saturated rings. The highest BCUT2D eigenvalue weighted by Crippen LogP contribution is 2.36. The van der Waals surface area contributed by atoms with Crippen molar-refractivity contribution >= 4 is 11.5 Å². The number of aryl methyl sites for hydroxylation is 2. The molecule has 3 rings (SSSR count). The Morgan fingerprint density at radius 2 is 2.08 bits per heavy atom. The molecule has 0 spiro atoms. The van der Waals surface area contributed by atoms with Crippen LogP contribution in [0.2, 0.25) is 0 Å². The maximum atomic E-state index is 11.6. The van der Waals surface area contributed by atoms with Crippen LogP contribution in [0.25, 0.3) is 0 Å².